The smallest absolute Gasteiger partial charge is 0.135 e. The molecule has 0 fully saturated rings. The third-order valence-electron chi connectivity index (χ3n) is 8.59. The van der Waals surface area contributed by atoms with Crippen LogP contribution in [0.3, 0.4) is 0 Å². The molecule has 0 aliphatic heterocycles. The van der Waals surface area contributed by atoms with Gasteiger partial charge in [0, 0.05) is 33.9 Å². The Hall–Kier alpha value is -5.80. The van der Waals surface area contributed by atoms with Gasteiger partial charge in [0.25, 0.3) is 0 Å². The lowest BCUT2D eigenvalue weighted by molar-refractivity contribution is 0.669. The molecule has 0 saturated carbocycles. The van der Waals surface area contributed by atoms with E-state index in [0.717, 1.165) is 43.7 Å². The molecule has 3 heteroatoms. The third-order valence-corrected chi connectivity index (χ3v) is 8.59. The molecule has 0 saturated heterocycles. The first-order valence-corrected chi connectivity index (χ1v) is 14.5. The number of furan rings is 1. The number of nitrogens with zero attached hydrogens (tertiary/aromatic N) is 2. The van der Waals surface area contributed by atoms with Crippen LogP contribution < -0.4 is 0 Å². The summed E-state index contributed by atoms with van der Waals surface area (Å²) in [5, 5.41) is 6.92. The fraction of sp³-hybridized carbons (Fsp3) is 0. The molecule has 0 aliphatic rings. The molecular formula is C40H24N2O. The number of aromatic nitrogens is 2. The lowest BCUT2D eigenvalue weighted by Gasteiger charge is -2.12. The summed E-state index contributed by atoms with van der Waals surface area (Å²) >= 11 is 0. The summed E-state index contributed by atoms with van der Waals surface area (Å²) in [5.74, 6) is 0. The van der Waals surface area contributed by atoms with Crippen molar-refractivity contribution >= 4 is 54.5 Å². The molecule has 0 radical (unpaired) electrons. The van der Waals surface area contributed by atoms with Crippen LogP contribution in [0.25, 0.3) is 87.9 Å². The van der Waals surface area contributed by atoms with E-state index in [0.29, 0.717) is 0 Å². The van der Waals surface area contributed by atoms with Crippen LogP contribution in [-0.2, 0) is 0 Å². The maximum Gasteiger partial charge on any atom is 0.135 e. The van der Waals surface area contributed by atoms with Crippen molar-refractivity contribution in [3.8, 4) is 33.4 Å². The predicted octanol–water partition coefficient (Wildman–Crippen LogP) is 10.8. The normalized spacial score (nSPS) is 11.7. The molecule has 9 aromatic rings. The summed E-state index contributed by atoms with van der Waals surface area (Å²) in [6.45, 7) is 0. The van der Waals surface area contributed by atoms with E-state index in [9.17, 15) is 0 Å². The Morgan fingerprint density at radius 2 is 0.884 bits per heavy atom. The van der Waals surface area contributed by atoms with E-state index in [-0.39, 0.29) is 0 Å². The number of para-hydroxylation sites is 1. The summed E-state index contributed by atoms with van der Waals surface area (Å²) in [5.41, 5.74) is 10.8. The van der Waals surface area contributed by atoms with Crippen LogP contribution in [-0.4, -0.2) is 9.97 Å². The van der Waals surface area contributed by atoms with Crippen LogP contribution >= 0.6 is 0 Å². The standard InChI is InChI=1S/C40H24N2O/c1-2-8-30(28-18-20-38-36(24-28)32-10-5-6-12-37(32)43-38)29(7-1)26-15-13-25(14-16-26)27-17-19-34-35(23-27)31-9-3-4-11-33(31)39-40(34)42-22-21-41-39/h1-24H. The zero-order valence-corrected chi connectivity index (χ0v) is 23.2. The summed E-state index contributed by atoms with van der Waals surface area (Å²) in [6.07, 6.45) is 3.54. The van der Waals surface area contributed by atoms with Gasteiger partial charge in [-0.05, 0) is 68.4 Å². The minimum absolute atomic E-state index is 0.912. The maximum atomic E-state index is 6.08. The Labute approximate surface area is 247 Å². The van der Waals surface area contributed by atoms with Crippen molar-refractivity contribution in [3.63, 3.8) is 0 Å². The van der Waals surface area contributed by atoms with E-state index >= 15 is 0 Å². The minimum Gasteiger partial charge on any atom is -0.456 e. The first-order chi connectivity index (χ1) is 21.3. The van der Waals surface area contributed by atoms with Gasteiger partial charge in [-0.1, -0.05) is 109 Å². The first-order valence-electron chi connectivity index (χ1n) is 14.5. The molecule has 9 rings (SSSR count). The van der Waals surface area contributed by atoms with E-state index in [4.69, 9.17) is 9.40 Å². The van der Waals surface area contributed by atoms with Crippen molar-refractivity contribution in [1.82, 2.24) is 9.97 Å². The monoisotopic (exact) mass is 548 g/mol. The maximum absolute atomic E-state index is 6.08. The van der Waals surface area contributed by atoms with Crippen LogP contribution in [0.1, 0.15) is 0 Å². The fourth-order valence-electron chi connectivity index (χ4n) is 6.53. The zero-order valence-electron chi connectivity index (χ0n) is 23.2. The third kappa shape index (κ3) is 3.75. The van der Waals surface area contributed by atoms with Crippen molar-refractivity contribution in [3.05, 3.63) is 146 Å². The van der Waals surface area contributed by atoms with Gasteiger partial charge in [-0.15, -0.1) is 0 Å². The van der Waals surface area contributed by atoms with Gasteiger partial charge >= 0.3 is 0 Å². The lowest BCUT2D eigenvalue weighted by atomic mass is 9.92. The van der Waals surface area contributed by atoms with Gasteiger partial charge in [0.2, 0.25) is 0 Å². The van der Waals surface area contributed by atoms with Gasteiger partial charge in [0.15, 0.2) is 0 Å². The molecule has 0 bridgehead atoms. The molecule has 200 valence electrons. The second-order valence-electron chi connectivity index (χ2n) is 11.0. The van der Waals surface area contributed by atoms with Gasteiger partial charge in [-0.3, -0.25) is 9.97 Å². The summed E-state index contributed by atoms with van der Waals surface area (Å²) < 4.78 is 6.08. The number of hydrogen-bond donors (Lipinski definition) is 0. The zero-order chi connectivity index (χ0) is 28.3. The first kappa shape index (κ1) is 23.9. The van der Waals surface area contributed by atoms with E-state index < -0.39 is 0 Å². The van der Waals surface area contributed by atoms with E-state index in [1.165, 1.54) is 44.2 Å². The molecule has 43 heavy (non-hydrogen) atoms. The molecule has 2 aromatic heterocycles. The highest BCUT2D eigenvalue weighted by molar-refractivity contribution is 6.23. The molecule has 0 amide bonds. The summed E-state index contributed by atoms with van der Waals surface area (Å²) in [6, 6.07) is 47.4. The number of fused-ring (bicyclic) bond motifs is 9. The number of benzene rings is 7. The molecule has 0 atom stereocenters. The predicted molar refractivity (Wildman–Crippen MR) is 178 cm³/mol. The molecule has 7 aromatic carbocycles. The minimum atomic E-state index is 0.912. The van der Waals surface area contributed by atoms with Crippen LogP contribution in [0.2, 0.25) is 0 Å². The Morgan fingerprint density at radius 1 is 0.349 bits per heavy atom. The van der Waals surface area contributed by atoms with Gasteiger partial charge in [-0.25, -0.2) is 0 Å². The largest absolute Gasteiger partial charge is 0.456 e. The van der Waals surface area contributed by atoms with Gasteiger partial charge in [0.05, 0.1) is 11.0 Å². The molecule has 0 N–H and O–H groups in total. The van der Waals surface area contributed by atoms with Crippen LogP contribution in [0.5, 0.6) is 0 Å². The number of rotatable bonds is 3. The van der Waals surface area contributed by atoms with Gasteiger partial charge < -0.3 is 4.42 Å². The average molecular weight is 549 g/mol. The van der Waals surface area contributed by atoms with Crippen molar-refractivity contribution in [2.45, 2.75) is 0 Å². The topological polar surface area (TPSA) is 38.9 Å². The van der Waals surface area contributed by atoms with Crippen LogP contribution in [0.4, 0.5) is 0 Å². The fourth-order valence-corrected chi connectivity index (χ4v) is 6.53. The molecule has 3 nitrogen and oxygen atoms in total. The Balaban J connectivity index is 1.14. The summed E-state index contributed by atoms with van der Waals surface area (Å²) in [4.78, 5) is 9.37. The highest BCUT2D eigenvalue weighted by Gasteiger charge is 2.13. The van der Waals surface area contributed by atoms with Crippen molar-refractivity contribution in [2.75, 3.05) is 0 Å². The second kappa shape index (κ2) is 9.37. The second-order valence-corrected chi connectivity index (χ2v) is 11.0. The Kier molecular flexibility index (Phi) is 5.20. The van der Waals surface area contributed by atoms with E-state index in [1.54, 1.807) is 12.4 Å². The van der Waals surface area contributed by atoms with Crippen molar-refractivity contribution < 1.29 is 4.42 Å². The van der Waals surface area contributed by atoms with E-state index in [1.807, 2.05) is 12.1 Å². The molecule has 2 heterocycles. The Morgan fingerprint density at radius 3 is 1.67 bits per heavy atom. The van der Waals surface area contributed by atoms with Crippen molar-refractivity contribution in [2.24, 2.45) is 0 Å². The van der Waals surface area contributed by atoms with Gasteiger partial charge in [0.1, 0.15) is 11.2 Å². The highest BCUT2D eigenvalue weighted by Crippen LogP contribution is 2.38. The molecule has 0 aliphatic carbocycles. The average Bonchev–Trinajstić information content (AvgIpc) is 3.46. The molecule has 0 unspecified atom stereocenters. The lowest BCUT2D eigenvalue weighted by Crippen LogP contribution is -1.89. The van der Waals surface area contributed by atoms with Crippen molar-refractivity contribution in [1.29, 1.82) is 0 Å². The quantitative estimate of drug-likeness (QED) is 0.206. The molecular weight excluding hydrogens is 524 g/mol. The van der Waals surface area contributed by atoms with Crippen LogP contribution in [0.15, 0.2) is 150 Å². The van der Waals surface area contributed by atoms with Gasteiger partial charge in [-0.2, -0.15) is 0 Å². The van der Waals surface area contributed by atoms with Crippen LogP contribution in [0, 0.1) is 0 Å². The highest BCUT2D eigenvalue weighted by atomic mass is 16.3. The summed E-state index contributed by atoms with van der Waals surface area (Å²) in [7, 11) is 0. The molecule has 0 spiro atoms. The number of hydrogen-bond acceptors (Lipinski definition) is 3. The Bertz CT molecular complexity index is 2470. The SMILES string of the molecule is c1ccc(-c2ccc3oc4ccccc4c3c2)c(-c2ccc(-c3ccc4c(c3)c3ccccc3c3nccnc43)cc2)c1. The van der Waals surface area contributed by atoms with E-state index in [2.05, 4.69) is 126 Å².